The Morgan fingerprint density at radius 2 is 1.73 bits per heavy atom. The highest BCUT2D eigenvalue weighted by molar-refractivity contribution is 6.30. The third-order valence-electron chi connectivity index (χ3n) is 6.45. The van der Waals surface area contributed by atoms with Crippen molar-refractivity contribution >= 4 is 28.5 Å². The summed E-state index contributed by atoms with van der Waals surface area (Å²) in [5, 5.41) is 11.3. The second-order valence-electron chi connectivity index (χ2n) is 8.62. The van der Waals surface area contributed by atoms with Crippen LogP contribution in [0, 0.1) is 0 Å². The molecule has 0 saturated carbocycles. The maximum absolute atomic E-state index is 12.1. The quantitative estimate of drug-likeness (QED) is 0.372. The molecule has 1 aliphatic rings. The number of rotatable bonds is 6. The molecule has 5 nitrogen and oxygen atoms in total. The topological polar surface area (TPSA) is 58.4 Å². The largest absolute Gasteiger partial charge is 0.478 e. The number of nitrogens with zero attached hydrogens (tertiary/aromatic N) is 3. The highest BCUT2D eigenvalue weighted by Crippen LogP contribution is 2.35. The molecule has 0 amide bonds. The number of hydrogen-bond donors (Lipinski definition) is 1. The lowest BCUT2D eigenvalue weighted by molar-refractivity contribution is 0.0699. The molecule has 0 spiro atoms. The molecule has 1 fully saturated rings. The van der Waals surface area contributed by atoms with Crippen molar-refractivity contribution in [3.05, 3.63) is 77.7 Å². The van der Waals surface area contributed by atoms with E-state index in [1.807, 2.05) is 42.6 Å². The molecule has 0 aliphatic carbocycles. The van der Waals surface area contributed by atoms with Crippen molar-refractivity contribution in [2.45, 2.75) is 25.8 Å². The number of carbonyl (C=O) groups is 1. The minimum Gasteiger partial charge on any atom is -0.478 e. The standard InChI is InChI=1S/C27H26ClN3O2/c28-22-7-4-6-19(15-22)20-14-21(17-29-16-20)24-18-31(13-12-30-10-2-1-3-11-30)25-9-5-8-23(26(24)25)27(32)33/h4-9,14-18H,1-3,10-13H2,(H,32,33). The van der Waals surface area contributed by atoms with Crippen molar-refractivity contribution in [3.8, 4) is 22.3 Å². The monoisotopic (exact) mass is 459 g/mol. The fourth-order valence-electron chi connectivity index (χ4n) is 4.78. The normalized spacial score (nSPS) is 14.6. The van der Waals surface area contributed by atoms with Gasteiger partial charge in [0.05, 0.1) is 5.56 Å². The summed E-state index contributed by atoms with van der Waals surface area (Å²) in [4.78, 5) is 19.1. The first kappa shape index (κ1) is 21.7. The van der Waals surface area contributed by atoms with Gasteiger partial charge in [-0.1, -0.05) is 36.2 Å². The Kier molecular flexibility index (Phi) is 6.16. The number of benzene rings is 2. The zero-order chi connectivity index (χ0) is 22.8. The Labute approximate surface area is 198 Å². The van der Waals surface area contributed by atoms with Crippen molar-refractivity contribution in [2.24, 2.45) is 0 Å². The molecule has 2 aromatic heterocycles. The minimum absolute atomic E-state index is 0.312. The number of hydrogen-bond acceptors (Lipinski definition) is 3. The van der Waals surface area contributed by atoms with Gasteiger partial charge in [-0.3, -0.25) is 4.98 Å². The van der Waals surface area contributed by atoms with Crippen LogP contribution in [0.2, 0.25) is 5.02 Å². The summed E-state index contributed by atoms with van der Waals surface area (Å²) in [5.41, 5.74) is 4.95. The SMILES string of the molecule is O=C(O)c1cccc2c1c(-c1cncc(-c3cccc(Cl)c3)c1)cn2CCN1CCCCC1. The third-order valence-corrected chi connectivity index (χ3v) is 6.68. The van der Waals surface area contributed by atoms with Gasteiger partial charge in [-0.05, 0) is 61.8 Å². The summed E-state index contributed by atoms with van der Waals surface area (Å²) < 4.78 is 2.19. The van der Waals surface area contributed by atoms with Crippen molar-refractivity contribution in [2.75, 3.05) is 19.6 Å². The molecule has 0 bridgehead atoms. The van der Waals surface area contributed by atoms with Gasteiger partial charge in [0.2, 0.25) is 0 Å². The van der Waals surface area contributed by atoms with Gasteiger partial charge in [-0.25, -0.2) is 4.79 Å². The maximum Gasteiger partial charge on any atom is 0.336 e. The Hall–Kier alpha value is -3.15. The van der Waals surface area contributed by atoms with Crippen molar-refractivity contribution in [1.82, 2.24) is 14.5 Å². The van der Waals surface area contributed by atoms with Gasteiger partial charge in [0.1, 0.15) is 0 Å². The molecule has 5 rings (SSSR count). The van der Waals surface area contributed by atoms with Crippen molar-refractivity contribution < 1.29 is 9.90 Å². The molecule has 168 valence electrons. The number of pyridine rings is 1. The molecule has 4 aromatic rings. The first-order valence-electron chi connectivity index (χ1n) is 11.4. The van der Waals surface area contributed by atoms with Crippen LogP contribution in [0.25, 0.3) is 33.2 Å². The molecule has 0 unspecified atom stereocenters. The predicted octanol–water partition coefficient (Wildman–Crippen LogP) is 6.21. The number of aromatic nitrogens is 2. The summed E-state index contributed by atoms with van der Waals surface area (Å²) in [6.45, 7) is 4.05. The van der Waals surface area contributed by atoms with Gasteiger partial charge in [0.15, 0.2) is 0 Å². The summed E-state index contributed by atoms with van der Waals surface area (Å²) in [7, 11) is 0. The third kappa shape index (κ3) is 4.52. The predicted molar refractivity (Wildman–Crippen MR) is 133 cm³/mol. The van der Waals surface area contributed by atoms with Crippen LogP contribution in [-0.2, 0) is 6.54 Å². The average molecular weight is 460 g/mol. The zero-order valence-electron chi connectivity index (χ0n) is 18.4. The molecule has 3 heterocycles. The van der Waals surface area contributed by atoms with Crippen molar-refractivity contribution in [3.63, 3.8) is 0 Å². The molecule has 1 saturated heterocycles. The number of likely N-dealkylation sites (tertiary alicyclic amines) is 1. The molecule has 6 heteroatoms. The van der Waals surface area contributed by atoms with E-state index in [9.17, 15) is 9.90 Å². The summed E-state index contributed by atoms with van der Waals surface area (Å²) in [6.07, 6.45) is 9.51. The molecule has 0 radical (unpaired) electrons. The van der Waals surface area contributed by atoms with Gasteiger partial charge >= 0.3 is 5.97 Å². The van der Waals surface area contributed by atoms with Crippen molar-refractivity contribution in [1.29, 1.82) is 0 Å². The van der Waals surface area contributed by atoms with Gasteiger partial charge in [-0.15, -0.1) is 0 Å². The first-order valence-corrected chi connectivity index (χ1v) is 11.8. The lowest BCUT2D eigenvalue weighted by Crippen LogP contribution is -2.32. The van der Waals surface area contributed by atoms with Crippen LogP contribution >= 0.6 is 11.6 Å². The Morgan fingerprint density at radius 1 is 0.939 bits per heavy atom. The lowest BCUT2D eigenvalue weighted by Gasteiger charge is -2.26. The number of aromatic carboxylic acids is 1. The first-order chi connectivity index (χ1) is 16.1. The fourth-order valence-corrected chi connectivity index (χ4v) is 4.97. The van der Waals surface area contributed by atoms with Crippen LogP contribution in [0.3, 0.4) is 0 Å². The van der Waals surface area contributed by atoms with Crippen LogP contribution in [0.15, 0.2) is 67.1 Å². The molecular formula is C27H26ClN3O2. The number of halogens is 1. The number of fused-ring (bicyclic) bond motifs is 1. The van der Waals surface area contributed by atoms with E-state index in [4.69, 9.17) is 11.6 Å². The molecule has 0 atom stereocenters. The summed E-state index contributed by atoms with van der Waals surface area (Å²) >= 11 is 6.19. The number of piperidine rings is 1. The molecular weight excluding hydrogens is 434 g/mol. The lowest BCUT2D eigenvalue weighted by atomic mass is 9.99. The van der Waals surface area contributed by atoms with E-state index in [0.29, 0.717) is 10.6 Å². The van der Waals surface area contributed by atoms with Gasteiger partial charge in [-0.2, -0.15) is 0 Å². The summed E-state index contributed by atoms with van der Waals surface area (Å²) in [6, 6.07) is 15.2. The zero-order valence-corrected chi connectivity index (χ0v) is 19.1. The highest BCUT2D eigenvalue weighted by Gasteiger charge is 2.19. The summed E-state index contributed by atoms with van der Waals surface area (Å²) in [5.74, 6) is -0.922. The van der Waals surface area contributed by atoms with E-state index < -0.39 is 5.97 Å². The molecule has 1 N–H and O–H groups in total. The Bertz CT molecular complexity index is 1310. The molecule has 1 aliphatic heterocycles. The maximum atomic E-state index is 12.1. The van der Waals surface area contributed by atoms with Crippen LogP contribution in [0.5, 0.6) is 0 Å². The van der Waals surface area contributed by atoms with E-state index in [-0.39, 0.29) is 0 Å². The minimum atomic E-state index is -0.922. The van der Waals surface area contributed by atoms with Gasteiger partial charge < -0.3 is 14.6 Å². The van der Waals surface area contributed by atoms with E-state index >= 15 is 0 Å². The second kappa shape index (κ2) is 9.38. The van der Waals surface area contributed by atoms with Gasteiger partial charge in [0, 0.05) is 64.3 Å². The smallest absolute Gasteiger partial charge is 0.336 e. The second-order valence-corrected chi connectivity index (χ2v) is 9.05. The Morgan fingerprint density at radius 3 is 2.52 bits per heavy atom. The average Bonchev–Trinajstić information content (AvgIpc) is 3.22. The number of carboxylic acid groups (broad SMARTS) is 1. The molecule has 2 aromatic carbocycles. The van der Waals surface area contributed by atoms with Crippen LogP contribution < -0.4 is 0 Å². The van der Waals surface area contributed by atoms with Crippen LogP contribution in [0.4, 0.5) is 0 Å². The number of carboxylic acids is 1. The van der Waals surface area contributed by atoms with Gasteiger partial charge in [0.25, 0.3) is 0 Å². The molecule has 33 heavy (non-hydrogen) atoms. The van der Waals surface area contributed by atoms with Crippen LogP contribution in [0.1, 0.15) is 29.6 Å². The Balaban J connectivity index is 1.59. The van der Waals surface area contributed by atoms with Crippen LogP contribution in [-0.4, -0.2) is 45.2 Å². The van der Waals surface area contributed by atoms with E-state index in [1.54, 1.807) is 12.3 Å². The van der Waals surface area contributed by atoms with E-state index in [0.717, 1.165) is 59.3 Å². The van der Waals surface area contributed by atoms with E-state index in [1.165, 1.54) is 19.3 Å². The fraction of sp³-hybridized carbons (Fsp3) is 0.259. The van der Waals surface area contributed by atoms with E-state index in [2.05, 4.69) is 26.7 Å². The highest BCUT2D eigenvalue weighted by atomic mass is 35.5.